The second-order valence-electron chi connectivity index (χ2n) is 5.80. The smallest absolute Gasteiger partial charge is 0.328 e. The molecule has 0 aromatic carbocycles. The normalized spacial score (nSPS) is 31.1. The lowest BCUT2D eigenvalue weighted by Gasteiger charge is -2.46. The van der Waals surface area contributed by atoms with Crippen LogP contribution in [0, 0.1) is 5.92 Å². The van der Waals surface area contributed by atoms with E-state index in [1.54, 1.807) is 0 Å². The van der Waals surface area contributed by atoms with Crippen molar-refractivity contribution >= 4 is 5.97 Å². The summed E-state index contributed by atoms with van der Waals surface area (Å²) in [6.07, 6.45) is 5.18. The largest absolute Gasteiger partial charge is 0.478 e. The number of carboxylic acid groups (broad SMARTS) is 1. The zero-order valence-corrected chi connectivity index (χ0v) is 11.4. The van der Waals surface area contributed by atoms with Crippen molar-refractivity contribution in [3.05, 3.63) is 11.6 Å². The quantitative estimate of drug-likeness (QED) is 0.772. The van der Waals surface area contributed by atoms with E-state index in [9.17, 15) is 4.79 Å². The summed E-state index contributed by atoms with van der Waals surface area (Å²) in [5.41, 5.74) is 0.949. The molecule has 1 N–H and O–H groups in total. The molecule has 0 amide bonds. The van der Waals surface area contributed by atoms with E-state index in [1.165, 1.54) is 31.9 Å². The van der Waals surface area contributed by atoms with Crippen LogP contribution in [0.25, 0.3) is 0 Å². The summed E-state index contributed by atoms with van der Waals surface area (Å²) in [6.45, 7) is 6.17. The number of carbonyl (C=O) groups is 1. The third kappa shape index (κ3) is 3.33. The summed E-state index contributed by atoms with van der Waals surface area (Å²) in [7, 11) is 2.24. The van der Waals surface area contributed by atoms with E-state index in [1.807, 2.05) is 6.92 Å². The molecule has 2 atom stereocenters. The van der Waals surface area contributed by atoms with Gasteiger partial charge in [-0.1, -0.05) is 5.57 Å². The maximum absolute atomic E-state index is 10.6. The van der Waals surface area contributed by atoms with Gasteiger partial charge in [-0.05, 0) is 52.2 Å². The highest BCUT2D eigenvalue weighted by atomic mass is 16.4. The van der Waals surface area contributed by atoms with Crippen LogP contribution in [0.4, 0.5) is 0 Å². The average Bonchev–Trinajstić information content (AvgIpc) is 2.27. The monoisotopic (exact) mass is 252 g/mol. The molecule has 0 aromatic rings. The van der Waals surface area contributed by atoms with Gasteiger partial charge in [0, 0.05) is 25.2 Å². The number of carboxylic acids is 1. The molecule has 2 heterocycles. The Balaban J connectivity index is 1.89. The molecule has 4 heteroatoms. The van der Waals surface area contributed by atoms with Crippen molar-refractivity contribution in [1.29, 1.82) is 0 Å². The first kappa shape index (κ1) is 13.6. The third-order valence-electron chi connectivity index (χ3n) is 4.27. The Morgan fingerprint density at radius 2 is 2.17 bits per heavy atom. The minimum Gasteiger partial charge on any atom is -0.478 e. The predicted molar refractivity (Wildman–Crippen MR) is 71.6 cm³/mol. The molecular formula is C14H24N2O2. The Morgan fingerprint density at radius 1 is 1.39 bits per heavy atom. The first-order valence-electron chi connectivity index (χ1n) is 6.89. The Labute approximate surface area is 109 Å². The first-order chi connectivity index (χ1) is 8.56. The van der Waals surface area contributed by atoms with Crippen LogP contribution in [0.15, 0.2) is 11.6 Å². The number of hydrogen-bond donors (Lipinski definition) is 1. The van der Waals surface area contributed by atoms with Gasteiger partial charge in [-0.15, -0.1) is 0 Å². The van der Waals surface area contributed by atoms with Crippen LogP contribution < -0.4 is 0 Å². The van der Waals surface area contributed by atoms with Crippen molar-refractivity contribution in [1.82, 2.24) is 9.80 Å². The molecule has 2 aliphatic heterocycles. The molecule has 0 radical (unpaired) electrons. The summed E-state index contributed by atoms with van der Waals surface area (Å²) in [5, 5.41) is 8.73. The molecule has 0 saturated carbocycles. The highest BCUT2D eigenvalue weighted by molar-refractivity contribution is 5.80. The fourth-order valence-corrected chi connectivity index (χ4v) is 3.48. The van der Waals surface area contributed by atoms with E-state index in [0.717, 1.165) is 37.2 Å². The fourth-order valence-electron chi connectivity index (χ4n) is 3.48. The summed E-state index contributed by atoms with van der Waals surface area (Å²) < 4.78 is 0. The molecule has 0 aromatic heterocycles. The maximum Gasteiger partial charge on any atom is 0.328 e. The summed E-state index contributed by atoms with van der Waals surface area (Å²) in [5.74, 6) is -0.0603. The van der Waals surface area contributed by atoms with Crippen molar-refractivity contribution in [2.45, 2.75) is 32.2 Å². The van der Waals surface area contributed by atoms with E-state index in [0.29, 0.717) is 0 Å². The molecule has 2 aliphatic rings. The Hall–Kier alpha value is -0.870. The highest BCUT2D eigenvalue weighted by Crippen LogP contribution is 2.29. The van der Waals surface area contributed by atoms with Gasteiger partial charge in [-0.3, -0.25) is 4.90 Å². The van der Waals surface area contributed by atoms with Crippen molar-refractivity contribution in [2.75, 3.05) is 33.2 Å². The third-order valence-corrected chi connectivity index (χ3v) is 4.27. The molecule has 0 bridgehead atoms. The van der Waals surface area contributed by atoms with E-state index in [4.69, 9.17) is 5.11 Å². The molecule has 18 heavy (non-hydrogen) atoms. The lowest BCUT2D eigenvalue weighted by molar-refractivity contribution is -0.131. The minimum atomic E-state index is -0.834. The average molecular weight is 252 g/mol. The summed E-state index contributed by atoms with van der Waals surface area (Å²) in [4.78, 5) is 15.5. The lowest BCUT2D eigenvalue weighted by atomic mass is 9.84. The van der Waals surface area contributed by atoms with Crippen molar-refractivity contribution in [3.8, 4) is 0 Å². The zero-order chi connectivity index (χ0) is 13.1. The van der Waals surface area contributed by atoms with Gasteiger partial charge in [0.25, 0.3) is 0 Å². The maximum atomic E-state index is 10.6. The van der Waals surface area contributed by atoms with Gasteiger partial charge in [-0.25, -0.2) is 4.79 Å². The van der Waals surface area contributed by atoms with Gasteiger partial charge >= 0.3 is 5.97 Å². The minimum absolute atomic E-state index is 0.749. The van der Waals surface area contributed by atoms with E-state index in [2.05, 4.69) is 16.8 Å². The number of rotatable bonds is 3. The molecular weight excluding hydrogens is 228 g/mol. The van der Waals surface area contributed by atoms with Crippen LogP contribution in [-0.2, 0) is 4.79 Å². The van der Waals surface area contributed by atoms with Gasteiger partial charge in [0.05, 0.1) is 0 Å². The van der Waals surface area contributed by atoms with Gasteiger partial charge in [0.1, 0.15) is 0 Å². The van der Waals surface area contributed by atoms with Crippen molar-refractivity contribution in [3.63, 3.8) is 0 Å². The number of fused-ring (bicyclic) bond motifs is 1. The van der Waals surface area contributed by atoms with Gasteiger partial charge in [0.15, 0.2) is 0 Å². The van der Waals surface area contributed by atoms with Gasteiger partial charge in [-0.2, -0.15) is 0 Å². The van der Waals surface area contributed by atoms with Crippen molar-refractivity contribution in [2.24, 2.45) is 5.92 Å². The molecule has 0 aliphatic carbocycles. The van der Waals surface area contributed by atoms with Gasteiger partial charge < -0.3 is 10.0 Å². The lowest BCUT2D eigenvalue weighted by Crippen LogP contribution is -2.52. The summed E-state index contributed by atoms with van der Waals surface area (Å²) >= 11 is 0. The zero-order valence-electron chi connectivity index (χ0n) is 11.4. The van der Waals surface area contributed by atoms with E-state index >= 15 is 0 Å². The second-order valence-corrected chi connectivity index (χ2v) is 5.80. The standard InChI is InChI=1S/C14H24N2O2/c1-11(8-14(17)18)9-16-7-5-13-12(10-16)4-3-6-15(13)2/h8,12-13H,3-7,9-10H2,1-2H3,(H,17,18). The van der Waals surface area contributed by atoms with Gasteiger partial charge in [0.2, 0.25) is 0 Å². The van der Waals surface area contributed by atoms with Crippen LogP contribution in [0.1, 0.15) is 26.2 Å². The molecule has 4 nitrogen and oxygen atoms in total. The molecule has 102 valence electrons. The SMILES string of the molecule is CC(=CC(=O)O)CN1CCC2C(CCCN2C)C1. The van der Waals surface area contributed by atoms with Crippen LogP contribution in [0.2, 0.25) is 0 Å². The Morgan fingerprint density at radius 3 is 2.89 bits per heavy atom. The second kappa shape index (κ2) is 5.85. The van der Waals surface area contributed by atoms with Crippen LogP contribution in [0.5, 0.6) is 0 Å². The fraction of sp³-hybridized carbons (Fsp3) is 0.786. The number of hydrogen-bond acceptors (Lipinski definition) is 3. The van der Waals surface area contributed by atoms with Crippen LogP contribution in [-0.4, -0.2) is 60.1 Å². The number of nitrogens with zero attached hydrogens (tertiary/aromatic N) is 2. The molecule has 0 spiro atoms. The highest BCUT2D eigenvalue weighted by Gasteiger charge is 2.33. The molecule has 2 rings (SSSR count). The number of piperidine rings is 2. The predicted octanol–water partition coefficient (Wildman–Crippen LogP) is 1.43. The Bertz CT molecular complexity index is 341. The van der Waals surface area contributed by atoms with Crippen LogP contribution in [0.3, 0.4) is 0 Å². The summed E-state index contributed by atoms with van der Waals surface area (Å²) in [6, 6.07) is 0.749. The first-order valence-corrected chi connectivity index (χ1v) is 6.89. The molecule has 2 saturated heterocycles. The molecule has 2 unspecified atom stereocenters. The number of aliphatic carboxylic acids is 1. The van der Waals surface area contributed by atoms with E-state index in [-0.39, 0.29) is 0 Å². The number of likely N-dealkylation sites (tertiary alicyclic amines) is 2. The molecule has 2 fully saturated rings. The van der Waals surface area contributed by atoms with Crippen molar-refractivity contribution < 1.29 is 9.90 Å². The Kier molecular flexibility index (Phi) is 4.40. The van der Waals surface area contributed by atoms with E-state index < -0.39 is 5.97 Å². The topological polar surface area (TPSA) is 43.8 Å². The van der Waals surface area contributed by atoms with Crippen LogP contribution >= 0.6 is 0 Å².